The minimum absolute atomic E-state index is 0.0858. The molecule has 1 aromatic heterocycles. The first-order valence-corrected chi connectivity index (χ1v) is 6.72. The number of fused-ring (bicyclic) bond motifs is 1. The molecule has 3 rings (SSSR count). The second-order valence-electron chi connectivity index (χ2n) is 5.00. The van der Waals surface area contributed by atoms with E-state index in [4.69, 9.17) is 15.5 Å². The van der Waals surface area contributed by atoms with Crippen LogP contribution in [0.25, 0.3) is 0 Å². The molecule has 1 atom stereocenters. The Morgan fingerprint density at radius 2 is 2.26 bits per heavy atom. The molecular formula is C15H19N3O. The molecule has 2 heterocycles. The number of methoxy groups -OCH3 is 1. The van der Waals surface area contributed by atoms with Gasteiger partial charge in [-0.2, -0.15) is 0 Å². The van der Waals surface area contributed by atoms with Crippen molar-refractivity contribution < 1.29 is 4.74 Å². The molecule has 0 aliphatic carbocycles. The van der Waals surface area contributed by atoms with Crippen LogP contribution in [0.15, 0.2) is 30.5 Å². The molecule has 19 heavy (non-hydrogen) atoms. The van der Waals surface area contributed by atoms with E-state index >= 15 is 0 Å². The predicted octanol–water partition coefficient (Wildman–Crippen LogP) is 2.28. The summed E-state index contributed by atoms with van der Waals surface area (Å²) >= 11 is 0. The molecule has 0 amide bonds. The molecule has 1 aliphatic rings. The van der Waals surface area contributed by atoms with E-state index in [0.29, 0.717) is 0 Å². The number of aryl methyl sites for hydroxylation is 1. The number of imidazole rings is 1. The van der Waals surface area contributed by atoms with E-state index < -0.39 is 0 Å². The van der Waals surface area contributed by atoms with Gasteiger partial charge in [0.25, 0.3) is 0 Å². The monoisotopic (exact) mass is 257 g/mol. The lowest BCUT2D eigenvalue weighted by Crippen LogP contribution is -2.24. The predicted molar refractivity (Wildman–Crippen MR) is 74.2 cm³/mol. The molecular weight excluding hydrogens is 238 g/mol. The number of rotatable bonds is 3. The maximum absolute atomic E-state index is 6.11. The molecule has 1 unspecified atom stereocenters. The van der Waals surface area contributed by atoms with E-state index in [1.54, 1.807) is 7.11 Å². The van der Waals surface area contributed by atoms with E-state index in [1.165, 1.54) is 0 Å². The minimum Gasteiger partial charge on any atom is -0.496 e. The van der Waals surface area contributed by atoms with Crippen LogP contribution in [0.1, 0.15) is 36.1 Å². The van der Waals surface area contributed by atoms with Gasteiger partial charge in [-0.25, -0.2) is 4.98 Å². The van der Waals surface area contributed by atoms with E-state index in [-0.39, 0.29) is 6.17 Å². The molecule has 0 fully saturated rings. The highest BCUT2D eigenvalue weighted by Crippen LogP contribution is 2.24. The molecule has 0 radical (unpaired) electrons. The quantitative estimate of drug-likeness (QED) is 0.917. The number of para-hydroxylation sites is 1. The van der Waals surface area contributed by atoms with Gasteiger partial charge >= 0.3 is 0 Å². The van der Waals surface area contributed by atoms with Crippen LogP contribution in [0.2, 0.25) is 0 Å². The molecule has 2 N–H and O–H groups in total. The van der Waals surface area contributed by atoms with Gasteiger partial charge in [-0.15, -0.1) is 0 Å². The minimum atomic E-state index is 0.0858. The van der Waals surface area contributed by atoms with Gasteiger partial charge < -0.3 is 15.0 Å². The van der Waals surface area contributed by atoms with Crippen LogP contribution in [0.5, 0.6) is 5.75 Å². The van der Waals surface area contributed by atoms with Crippen molar-refractivity contribution in [2.45, 2.75) is 31.8 Å². The van der Waals surface area contributed by atoms with Crippen LogP contribution < -0.4 is 10.5 Å². The Hall–Kier alpha value is -1.81. The highest BCUT2D eigenvalue weighted by Gasteiger charge is 2.18. The Bertz CT molecular complexity index is 577. The maximum Gasteiger partial charge on any atom is 0.122 e. The number of nitrogens with two attached hydrogens (primary N) is 1. The van der Waals surface area contributed by atoms with Crippen molar-refractivity contribution in [2.75, 3.05) is 7.11 Å². The van der Waals surface area contributed by atoms with Crippen LogP contribution in [0.3, 0.4) is 0 Å². The zero-order valence-corrected chi connectivity index (χ0v) is 11.2. The van der Waals surface area contributed by atoms with Gasteiger partial charge in [0, 0.05) is 24.6 Å². The Labute approximate surface area is 113 Å². The van der Waals surface area contributed by atoms with Crippen LogP contribution in [0, 0.1) is 0 Å². The third kappa shape index (κ3) is 2.36. The molecule has 100 valence electrons. The number of hydrogen-bond acceptors (Lipinski definition) is 3. The SMILES string of the molecule is COc1ccccc1Cc1cn2c(n1)CCCC2N. The lowest BCUT2D eigenvalue weighted by Gasteiger charge is -2.20. The topological polar surface area (TPSA) is 53.1 Å². The van der Waals surface area contributed by atoms with Crippen molar-refractivity contribution in [3.05, 3.63) is 47.5 Å². The average molecular weight is 257 g/mol. The molecule has 1 aliphatic heterocycles. The smallest absolute Gasteiger partial charge is 0.122 e. The Balaban J connectivity index is 1.88. The molecule has 0 saturated heterocycles. The summed E-state index contributed by atoms with van der Waals surface area (Å²) in [6.45, 7) is 0. The number of aromatic nitrogens is 2. The number of ether oxygens (including phenoxy) is 1. The third-order valence-electron chi connectivity index (χ3n) is 3.68. The summed E-state index contributed by atoms with van der Waals surface area (Å²) in [6.07, 6.45) is 6.16. The maximum atomic E-state index is 6.11. The number of benzene rings is 1. The van der Waals surface area contributed by atoms with Gasteiger partial charge in [0.2, 0.25) is 0 Å². The summed E-state index contributed by atoms with van der Waals surface area (Å²) < 4.78 is 7.50. The number of hydrogen-bond donors (Lipinski definition) is 1. The van der Waals surface area contributed by atoms with Crippen molar-refractivity contribution >= 4 is 0 Å². The fourth-order valence-corrected chi connectivity index (χ4v) is 2.70. The van der Waals surface area contributed by atoms with Crippen molar-refractivity contribution in [1.29, 1.82) is 0 Å². The van der Waals surface area contributed by atoms with Crippen molar-refractivity contribution in [3.8, 4) is 5.75 Å². The van der Waals surface area contributed by atoms with Crippen molar-refractivity contribution in [2.24, 2.45) is 5.73 Å². The molecule has 4 heteroatoms. The lowest BCUT2D eigenvalue weighted by atomic mass is 10.1. The average Bonchev–Trinajstić information content (AvgIpc) is 2.83. The first-order chi connectivity index (χ1) is 9.28. The summed E-state index contributed by atoms with van der Waals surface area (Å²) in [5.41, 5.74) is 8.34. The lowest BCUT2D eigenvalue weighted by molar-refractivity contribution is 0.408. The molecule has 4 nitrogen and oxygen atoms in total. The molecule has 1 aromatic carbocycles. The normalized spacial score (nSPS) is 18.1. The van der Waals surface area contributed by atoms with E-state index in [0.717, 1.165) is 48.5 Å². The Morgan fingerprint density at radius 1 is 1.42 bits per heavy atom. The van der Waals surface area contributed by atoms with E-state index in [2.05, 4.69) is 16.8 Å². The largest absolute Gasteiger partial charge is 0.496 e. The van der Waals surface area contributed by atoms with E-state index in [1.807, 2.05) is 18.2 Å². The second kappa shape index (κ2) is 5.05. The Morgan fingerprint density at radius 3 is 3.05 bits per heavy atom. The summed E-state index contributed by atoms with van der Waals surface area (Å²) in [4.78, 5) is 4.70. The van der Waals surface area contributed by atoms with Gasteiger partial charge in [-0.05, 0) is 18.9 Å². The van der Waals surface area contributed by atoms with Crippen LogP contribution in [0.4, 0.5) is 0 Å². The zero-order valence-electron chi connectivity index (χ0n) is 11.2. The summed E-state index contributed by atoms with van der Waals surface area (Å²) in [6, 6.07) is 8.07. The summed E-state index contributed by atoms with van der Waals surface area (Å²) in [5, 5.41) is 0. The van der Waals surface area contributed by atoms with Crippen LogP contribution in [-0.4, -0.2) is 16.7 Å². The highest BCUT2D eigenvalue weighted by molar-refractivity contribution is 5.36. The fourth-order valence-electron chi connectivity index (χ4n) is 2.70. The van der Waals surface area contributed by atoms with Gasteiger partial charge in [0.1, 0.15) is 11.6 Å². The summed E-state index contributed by atoms with van der Waals surface area (Å²) in [7, 11) is 1.70. The van der Waals surface area contributed by atoms with E-state index in [9.17, 15) is 0 Å². The first-order valence-electron chi connectivity index (χ1n) is 6.72. The van der Waals surface area contributed by atoms with Crippen molar-refractivity contribution in [1.82, 2.24) is 9.55 Å². The van der Waals surface area contributed by atoms with Gasteiger partial charge in [0.05, 0.1) is 19.0 Å². The molecule has 0 bridgehead atoms. The Kier molecular flexibility index (Phi) is 3.25. The van der Waals surface area contributed by atoms with Crippen LogP contribution in [-0.2, 0) is 12.8 Å². The van der Waals surface area contributed by atoms with Gasteiger partial charge in [-0.1, -0.05) is 18.2 Å². The molecule has 2 aromatic rings. The first kappa shape index (κ1) is 12.2. The standard InChI is InChI=1S/C15H19N3O/c1-19-13-6-3-2-5-11(13)9-12-10-18-14(16)7-4-8-15(18)17-12/h2-3,5-6,10,14H,4,7-9,16H2,1H3. The highest BCUT2D eigenvalue weighted by atomic mass is 16.5. The zero-order chi connectivity index (χ0) is 13.2. The van der Waals surface area contributed by atoms with Crippen molar-refractivity contribution in [3.63, 3.8) is 0 Å². The van der Waals surface area contributed by atoms with Gasteiger partial charge in [0.15, 0.2) is 0 Å². The molecule has 0 spiro atoms. The summed E-state index contributed by atoms with van der Waals surface area (Å²) in [5.74, 6) is 2.03. The van der Waals surface area contributed by atoms with Gasteiger partial charge in [-0.3, -0.25) is 0 Å². The number of nitrogens with zero attached hydrogens (tertiary/aromatic N) is 2. The second-order valence-corrected chi connectivity index (χ2v) is 5.00. The fraction of sp³-hybridized carbons (Fsp3) is 0.400. The molecule has 0 saturated carbocycles. The van der Waals surface area contributed by atoms with Crippen LogP contribution >= 0.6 is 0 Å². The third-order valence-corrected chi connectivity index (χ3v) is 3.68.